The molecule has 1 aliphatic rings. The van der Waals surface area contributed by atoms with E-state index >= 15 is 0 Å². The van der Waals surface area contributed by atoms with Crippen LogP contribution >= 0.6 is 11.8 Å². The van der Waals surface area contributed by atoms with E-state index in [1.807, 2.05) is 31.2 Å². The number of aryl methyl sites for hydroxylation is 1. The van der Waals surface area contributed by atoms with E-state index in [1.54, 1.807) is 12.1 Å². The van der Waals surface area contributed by atoms with Crippen LogP contribution in [0.2, 0.25) is 0 Å². The fourth-order valence-corrected chi connectivity index (χ4v) is 3.78. The third-order valence-electron chi connectivity index (χ3n) is 4.34. The van der Waals surface area contributed by atoms with Crippen molar-refractivity contribution in [2.24, 2.45) is 0 Å². The fourth-order valence-electron chi connectivity index (χ4n) is 2.91. The molecule has 0 saturated carbocycles. The van der Waals surface area contributed by atoms with Gasteiger partial charge in [0.25, 0.3) is 11.8 Å². The minimum Gasteiger partial charge on any atom is -0.396 e. The fraction of sp³-hybridized carbons (Fsp3) is 0.238. The van der Waals surface area contributed by atoms with Gasteiger partial charge in [0, 0.05) is 12.3 Å². The van der Waals surface area contributed by atoms with E-state index in [4.69, 9.17) is 5.11 Å². The lowest BCUT2D eigenvalue weighted by molar-refractivity contribution is -0.136. The number of carbonyl (C=O) groups is 2. The molecular weight excluding hydrogens is 365 g/mol. The maximum atomic E-state index is 13.0. The van der Waals surface area contributed by atoms with E-state index in [2.05, 4.69) is 0 Å². The second-order valence-electron chi connectivity index (χ2n) is 6.28. The van der Waals surface area contributed by atoms with E-state index in [9.17, 15) is 14.0 Å². The summed E-state index contributed by atoms with van der Waals surface area (Å²) in [6, 6.07) is 13.5. The Morgan fingerprint density at radius 2 is 1.67 bits per heavy atom. The van der Waals surface area contributed by atoms with Crippen LogP contribution < -0.4 is 0 Å². The summed E-state index contributed by atoms with van der Waals surface area (Å²) in [7, 11) is 0. The van der Waals surface area contributed by atoms with Gasteiger partial charge in [-0.1, -0.05) is 42.0 Å². The van der Waals surface area contributed by atoms with E-state index in [-0.39, 0.29) is 30.8 Å². The predicted octanol–water partition coefficient (Wildman–Crippen LogP) is 3.18. The second-order valence-corrected chi connectivity index (χ2v) is 7.39. The molecule has 1 N–H and O–H groups in total. The molecule has 4 nitrogen and oxygen atoms in total. The molecule has 0 radical (unpaired) electrons. The van der Waals surface area contributed by atoms with Crippen LogP contribution in [0.5, 0.6) is 0 Å². The first-order chi connectivity index (χ1) is 13.0. The molecule has 1 heterocycles. The number of hydrogen-bond donors (Lipinski definition) is 1. The lowest BCUT2D eigenvalue weighted by atomic mass is 10.0. The zero-order valence-electron chi connectivity index (χ0n) is 14.9. The maximum absolute atomic E-state index is 13.0. The van der Waals surface area contributed by atoms with Crippen LogP contribution in [0.25, 0.3) is 5.57 Å². The van der Waals surface area contributed by atoms with Crippen molar-refractivity contribution in [3.63, 3.8) is 0 Å². The SMILES string of the molecule is Cc1ccc(C2=C(SCCO)C(=O)N(CCc3ccc(F)cc3)C2=O)cc1. The Balaban J connectivity index is 1.84. The van der Waals surface area contributed by atoms with Crippen LogP contribution in [0, 0.1) is 12.7 Å². The van der Waals surface area contributed by atoms with Crippen LogP contribution in [-0.4, -0.2) is 40.7 Å². The standard InChI is InChI=1S/C21H20FNO3S/c1-14-2-6-16(7-3-14)18-19(27-13-12-24)21(26)23(20(18)25)11-10-15-4-8-17(22)9-5-15/h2-9,24H,10-13H2,1H3. The number of aliphatic hydroxyl groups excluding tert-OH is 1. The van der Waals surface area contributed by atoms with Gasteiger partial charge in [-0.2, -0.15) is 0 Å². The van der Waals surface area contributed by atoms with Gasteiger partial charge in [-0.3, -0.25) is 14.5 Å². The van der Waals surface area contributed by atoms with Crippen LogP contribution in [0.1, 0.15) is 16.7 Å². The minimum absolute atomic E-state index is 0.0770. The number of thioether (sulfide) groups is 1. The maximum Gasteiger partial charge on any atom is 0.267 e. The van der Waals surface area contributed by atoms with Gasteiger partial charge in [0.2, 0.25) is 0 Å². The summed E-state index contributed by atoms with van der Waals surface area (Å²) in [5, 5.41) is 9.13. The summed E-state index contributed by atoms with van der Waals surface area (Å²) < 4.78 is 13.0. The van der Waals surface area contributed by atoms with Gasteiger partial charge in [0.1, 0.15) is 5.82 Å². The van der Waals surface area contributed by atoms with Crippen LogP contribution in [-0.2, 0) is 16.0 Å². The van der Waals surface area contributed by atoms with Gasteiger partial charge in [0.05, 0.1) is 17.1 Å². The highest BCUT2D eigenvalue weighted by atomic mass is 32.2. The summed E-state index contributed by atoms with van der Waals surface area (Å²) in [5.41, 5.74) is 3.00. The second kappa shape index (κ2) is 8.50. The normalized spacial score (nSPS) is 14.4. The lowest BCUT2D eigenvalue weighted by Crippen LogP contribution is -2.33. The first-order valence-corrected chi connectivity index (χ1v) is 9.65. The van der Waals surface area contributed by atoms with Crippen LogP contribution in [0.4, 0.5) is 4.39 Å². The Morgan fingerprint density at radius 1 is 1.00 bits per heavy atom. The highest BCUT2D eigenvalue weighted by molar-refractivity contribution is 8.04. The molecule has 0 spiro atoms. The smallest absolute Gasteiger partial charge is 0.267 e. The third kappa shape index (κ3) is 4.28. The summed E-state index contributed by atoms with van der Waals surface area (Å²) in [6.45, 7) is 2.10. The van der Waals surface area contributed by atoms with Gasteiger partial charge in [-0.15, -0.1) is 11.8 Å². The number of nitrogens with zero attached hydrogens (tertiary/aromatic N) is 1. The number of rotatable bonds is 7. The van der Waals surface area contributed by atoms with Crippen molar-refractivity contribution in [2.45, 2.75) is 13.3 Å². The Bertz CT molecular complexity index is 875. The quantitative estimate of drug-likeness (QED) is 0.744. The molecule has 0 aromatic heterocycles. The monoisotopic (exact) mass is 385 g/mol. The average Bonchev–Trinajstić information content (AvgIpc) is 2.90. The van der Waals surface area contributed by atoms with Crippen molar-refractivity contribution < 1.29 is 19.1 Å². The molecule has 6 heteroatoms. The molecule has 0 aliphatic carbocycles. The zero-order chi connectivity index (χ0) is 19.4. The van der Waals surface area contributed by atoms with Gasteiger partial charge >= 0.3 is 0 Å². The molecule has 2 aromatic rings. The number of carbonyl (C=O) groups excluding carboxylic acids is 2. The predicted molar refractivity (Wildman–Crippen MR) is 104 cm³/mol. The number of hydrogen-bond acceptors (Lipinski definition) is 4. The van der Waals surface area contributed by atoms with E-state index in [0.717, 1.165) is 11.1 Å². The van der Waals surface area contributed by atoms with Crippen molar-refractivity contribution in [2.75, 3.05) is 18.9 Å². The molecule has 140 valence electrons. The first-order valence-electron chi connectivity index (χ1n) is 8.67. The summed E-state index contributed by atoms with van der Waals surface area (Å²) in [5.74, 6) is -0.643. The minimum atomic E-state index is -0.337. The Labute approximate surface area is 161 Å². The van der Waals surface area contributed by atoms with Crippen molar-refractivity contribution in [3.8, 4) is 0 Å². The van der Waals surface area contributed by atoms with Crippen LogP contribution in [0.3, 0.4) is 0 Å². The summed E-state index contributed by atoms with van der Waals surface area (Å²) in [4.78, 5) is 27.4. The van der Waals surface area contributed by atoms with Gasteiger partial charge in [-0.05, 0) is 36.6 Å². The molecule has 27 heavy (non-hydrogen) atoms. The Hall–Kier alpha value is -2.44. The molecule has 3 rings (SSSR count). The topological polar surface area (TPSA) is 57.6 Å². The number of halogens is 1. The number of benzene rings is 2. The molecule has 2 aromatic carbocycles. The lowest BCUT2D eigenvalue weighted by Gasteiger charge is -2.15. The Morgan fingerprint density at radius 3 is 2.30 bits per heavy atom. The molecule has 1 aliphatic heterocycles. The largest absolute Gasteiger partial charge is 0.396 e. The molecule has 0 bridgehead atoms. The first kappa shape index (κ1) is 19.3. The number of aliphatic hydroxyl groups is 1. The van der Waals surface area contributed by atoms with E-state index in [0.29, 0.717) is 28.2 Å². The molecule has 0 saturated heterocycles. The van der Waals surface area contributed by atoms with Gasteiger partial charge < -0.3 is 5.11 Å². The van der Waals surface area contributed by atoms with Crippen molar-refractivity contribution in [1.29, 1.82) is 0 Å². The van der Waals surface area contributed by atoms with Crippen molar-refractivity contribution >= 4 is 29.1 Å². The number of imide groups is 1. The van der Waals surface area contributed by atoms with E-state index in [1.165, 1.54) is 28.8 Å². The number of amides is 2. The third-order valence-corrected chi connectivity index (χ3v) is 5.39. The van der Waals surface area contributed by atoms with Gasteiger partial charge in [0.15, 0.2) is 0 Å². The molecule has 2 amide bonds. The highest BCUT2D eigenvalue weighted by Gasteiger charge is 2.38. The summed E-state index contributed by atoms with van der Waals surface area (Å²) >= 11 is 1.20. The van der Waals surface area contributed by atoms with Gasteiger partial charge in [-0.25, -0.2) is 4.39 Å². The Kier molecular flexibility index (Phi) is 6.08. The molecule has 0 atom stereocenters. The highest BCUT2D eigenvalue weighted by Crippen LogP contribution is 2.36. The van der Waals surface area contributed by atoms with Crippen molar-refractivity contribution in [1.82, 2.24) is 4.90 Å². The average molecular weight is 385 g/mol. The van der Waals surface area contributed by atoms with Crippen LogP contribution in [0.15, 0.2) is 53.4 Å². The molecule has 0 unspecified atom stereocenters. The van der Waals surface area contributed by atoms with E-state index < -0.39 is 0 Å². The zero-order valence-corrected chi connectivity index (χ0v) is 15.8. The summed E-state index contributed by atoms with van der Waals surface area (Å²) in [6.07, 6.45) is 0.455. The van der Waals surface area contributed by atoms with Crippen molar-refractivity contribution in [3.05, 3.63) is 75.9 Å². The molecular formula is C21H20FNO3S. The molecule has 0 fully saturated rings.